The van der Waals surface area contributed by atoms with Crippen molar-refractivity contribution in [2.45, 2.75) is 31.6 Å². The molecule has 0 atom stereocenters. The molecule has 1 saturated carbocycles. The van der Waals surface area contributed by atoms with Gasteiger partial charge >= 0.3 is 6.01 Å². The quantitative estimate of drug-likeness (QED) is 0.864. The first kappa shape index (κ1) is 12.7. The molecule has 2 N–H and O–H groups in total. The zero-order valence-electron chi connectivity index (χ0n) is 9.87. The lowest BCUT2D eigenvalue weighted by Crippen LogP contribution is -2.32. The van der Waals surface area contributed by atoms with Gasteiger partial charge in [0.15, 0.2) is 0 Å². The number of H-pyrrole nitrogens is 1. The number of methoxy groups -OCH3 is 1. The van der Waals surface area contributed by atoms with Gasteiger partial charge in [-0.2, -0.15) is 4.98 Å². The fraction of sp³-hybridized carbons (Fsp3) is 0.700. The number of carbonyl (C=O) groups is 1. The number of alkyl halides is 2. The first-order valence-corrected chi connectivity index (χ1v) is 5.65. The number of anilines is 1. The molecule has 0 unspecified atom stereocenters. The number of halogens is 2. The zero-order valence-corrected chi connectivity index (χ0v) is 9.87. The third kappa shape index (κ3) is 2.93. The van der Waals surface area contributed by atoms with Crippen LogP contribution in [0.25, 0.3) is 0 Å². The van der Waals surface area contributed by atoms with Crippen LogP contribution < -0.4 is 10.1 Å². The average molecular weight is 260 g/mol. The molecule has 1 aromatic heterocycles. The molecule has 1 aromatic rings. The van der Waals surface area contributed by atoms with Gasteiger partial charge in [0, 0.05) is 18.8 Å². The molecule has 6 nitrogen and oxygen atoms in total. The summed E-state index contributed by atoms with van der Waals surface area (Å²) in [6.07, 6.45) is -0.121. The monoisotopic (exact) mass is 260 g/mol. The Hall–Kier alpha value is -1.73. The van der Waals surface area contributed by atoms with E-state index in [0.717, 1.165) is 0 Å². The lowest BCUT2D eigenvalue weighted by atomic mass is 9.86. The molecule has 1 aliphatic rings. The van der Waals surface area contributed by atoms with Crippen LogP contribution in [-0.4, -0.2) is 34.1 Å². The van der Waals surface area contributed by atoms with Crippen molar-refractivity contribution in [3.8, 4) is 6.01 Å². The van der Waals surface area contributed by atoms with E-state index in [4.69, 9.17) is 4.74 Å². The van der Waals surface area contributed by atoms with Gasteiger partial charge in [0.25, 0.3) is 0 Å². The fourth-order valence-electron chi connectivity index (χ4n) is 1.91. The Morgan fingerprint density at radius 3 is 2.72 bits per heavy atom. The summed E-state index contributed by atoms with van der Waals surface area (Å²) in [5, 5.41) is 8.64. The van der Waals surface area contributed by atoms with Crippen LogP contribution in [-0.2, 0) is 4.79 Å². The van der Waals surface area contributed by atoms with Crippen molar-refractivity contribution in [3.05, 3.63) is 0 Å². The number of hydrogen-bond donors (Lipinski definition) is 2. The summed E-state index contributed by atoms with van der Waals surface area (Å²) in [5.74, 6) is -3.19. The molecule has 1 heterocycles. The second-order valence-corrected chi connectivity index (χ2v) is 4.29. The molecule has 100 valence electrons. The van der Waals surface area contributed by atoms with Gasteiger partial charge in [0.1, 0.15) is 0 Å². The van der Waals surface area contributed by atoms with Crippen molar-refractivity contribution in [3.63, 3.8) is 0 Å². The summed E-state index contributed by atoms with van der Waals surface area (Å²) >= 11 is 0. The highest BCUT2D eigenvalue weighted by molar-refractivity contribution is 5.90. The predicted octanol–water partition coefficient (Wildman–Crippen LogP) is 1.58. The van der Waals surface area contributed by atoms with E-state index in [0.29, 0.717) is 0 Å². The third-order valence-corrected chi connectivity index (χ3v) is 2.98. The van der Waals surface area contributed by atoms with Crippen molar-refractivity contribution in [1.29, 1.82) is 0 Å². The SMILES string of the molecule is COc1n[nH]c(NC(=O)C2CCC(F)(F)CC2)n1. The van der Waals surface area contributed by atoms with Gasteiger partial charge in [-0.1, -0.05) is 0 Å². The molecular weight excluding hydrogens is 246 g/mol. The molecule has 0 aliphatic heterocycles. The van der Waals surface area contributed by atoms with E-state index in [1.54, 1.807) is 0 Å². The normalized spacial score (nSPS) is 19.5. The van der Waals surface area contributed by atoms with E-state index in [1.807, 2.05) is 0 Å². The summed E-state index contributed by atoms with van der Waals surface area (Å²) < 4.78 is 30.6. The maximum absolute atomic E-state index is 12.9. The standard InChI is InChI=1S/C10H14F2N4O2/c1-18-9-14-8(15-16-9)13-7(17)6-2-4-10(11,12)5-3-6/h6H,2-5H2,1H3,(H2,13,14,15,16,17). The maximum atomic E-state index is 12.9. The fourth-order valence-corrected chi connectivity index (χ4v) is 1.91. The van der Waals surface area contributed by atoms with Crippen molar-refractivity contribution < 1.29 is 18.3 Å². The zero-order chi connectivity index (χ0) is 13.2. The largest absolute Gasteiger partial charge is 0.466 e. The van der Waals surface area contributed by atoms with Gasteiger partial charge in [-0.3, -0.25) is 10.1 Å². The van der Waals surface area contributed by atoms with Crippen molar-refractivity contribution in [2.75, 3.05) is 12.4 Å². The molecule has 8 heteroatoms. The van der Waals surface area contributed by atoms with Crippen LogP contribution >= 0.6 is 0 Å². The number of amides is 1. The van der Waals surface area contributed by atoms with E-state index in [2.05, 4.69) is 20.5 Å². The Bertz CT molecular complexity index is 425. The van der Waals surface area contributed by atoms with Crippen LogP contribution in [0.1, 0.15) is 25.7 Å². The molecule has 0 bridgehead atoms. The van der Waals surface area contributed by atoms with Gasteiger partial charge < -0.3 is 4.74 Å². The van der Waals surface area contributed by atoms with E-state index in [1.165, 1.54) is 7.11 Å². The smallest absolute Gasteiger partial charge is 0.336 e. The minimum Gasteiger partial charge on any atom is -0.466 e. The van der Waals surface area contributed by atoms with Crippen molar-refractivity contribution in [1.82, 2.24) is 15.2 Å². The molecular formula is C10H14F2N4O2. The summed E-state index contributed by atoms with van der Waals surface area (Å²) in [4.78, 5) is 15.6. The number of aromatic amines is 1. The molecule has 0 aromatic carbocycles. The van der Waals surface area contributed by atoms with E-state index in [-0.39, 0.29) is 43.5 Å². The highest BCUT2D eigenvalue weighted by atomic mass is 19.3. The molecule has 1 fully saturated rings. The lowest BCUT2D eigenvalue weighted by molar-refractivity contribution is -0.124. The Morgan fingerprint density at radius 2 is 2.17 bits per heavy atom. The Morgan fingerprint density at radius 1 is 1.50 bits per heavy atom. The maximum Gasteiger partial charge on any atom is 0.336 e. The number of ether oxygens (including phenoxy) is 1. The van der Waals surface area contributed by atoms with Crippen LogP contribution in [0.4, 0.5) is 14.7 Å². The first-order valence-electron chi connectivity index (χ1n) is 5.65. The second kappa shape index (κ2) is 4.87. The van der Waals surface area contributed by atoms with E-state index in [9.17, 15) is 13.6 Å². The predicted molar refractivity (Wildman–Crippen MR) is 58.5 cm³/mol. The van der Waals surface area contributed by atoms with Gasteiger partial charge in [0.2, 0.25) is 17.8 Å². The Labute approximate surface area is 102 Å². The lowest BCUT2D eigenvalue weighted by Gasteiger charge is -2.26. The van der Waals surface area contributed by atoms with Gasteiger partial charge in [-0.25, -0.2) is 13.9 Å². The third-order valence-electron chi connectivity index (χ3n) is 2.98. The highest BCUT2D eigenvalue weighted by Crippen LogP contribution is 2.36. The Kier molecular flexibility index (Phi) is 3.44. The summed E-state index contributed by atoms with van der Waals surface area (Å²) in [5.41, 5.74) is 0. The topological polar surface area (TPSA) is 79.9 Å². The first-order chi connectivity index (χ1) is 8.50. The molecule has 1 aliphatic carbocycles. The summed E-state index contributed by atoms with van der Waals surface area (Å²) in [7, 11) is 1.40. The van der Waals surface area contributed by atoms with Crippen LogP contribution in [0.15, 0.2) is 0 Å². The number of aromatic nitrogens is 3. The second-order valence-electron chi connectivity index (χ2n) is 4.29. The van der Waals surface area contributed by atoms with Crippen molar-refractivity contribution >= 4 is 11.9 Å². The molecule has 0 spiro atoms. The van der Waals surface area contributed by atoms with Crippen LogP contribution in [0.5, 0.6) is 6.01 Å². The minimum atomic E-state index is -2.63. The van der Waals surface area contributed by atoms with Crippen LogP contribution in [0, 0.1) is 5.92 Å². The molecule has 0 radical (unpaired) electrons. The molecule has 0 saturated heterocycles. The highest BCUT2D eigenvalue weighted by Gasteiger charge is 2.37. The van der Waals surface area contributed by atoms with E-state index < -0.39 is 11.8 Å². The molecule has 18 heavy (non-hydrogen) atoms. The number of nitrogens with zero attached hydrogens (tertiary/aromatic N) is 2. The number of rotatable bonds is 3. The summed E-state index contributed by atoms with van der Waals surface area (Å²) in [6, 6.07) is 0.112. The summed E-state index contributed by atoms with van der Waals surface area (Å²) in [6.45, 7) is 0. The van der Waals surface area contributed by atoms with Gasteiger partial charge in [-0.15, -0.1) is 5.10 Å². The van der Waals surface area contributed by atoms with Gasteiger partial charge in [0.05, 0.1) is 7.11 Å². The number of hydrogen-bond acceptors (Lipinski definition) is 4. The molecule has 2 rings (SSSR count). The van der Waals surface area contributed by atoms with Crippen molar-refractivity contribution in [2.24, 2.45) is 5.92 Å². The Balaban J connectivity index is 1.89. The van der Waals surface area contributed by atoms with Crippen LogP contribution in [0.2, 0.25) is 0 Å². The molecule has 1 amide bonds. The number of carbonyl (C=O) groups excluding carboxylic acids is 1. The van der Waals surface area contributed by atoms with E-state index >= 15 is 0 Å². The van der Waals surface area contributed by atoms with Gasteiger partial charge in [-0.05, 0) is 12.8 Å². The minimum absolute atomic E-state index is 0.112. The average Bonchev–Trinajstić information content (AvgIpc) is 2.76. The number of nitrogens with one attached hydrogen (secondary N) is 2. The van der Waals surface area contributed by atoms with Crippen LogP contribution in [0.3, 0.4) is 0 Å².